The van der Waals surface area contributed by atoms with Crippen molar-refractivity contribution < 1.29 is 6.15 Å². The monoisotopic (exact) mass is 560 g/mol. The first-order valence-corrected chi connectivity index (χ1v) is 20.0. The SMILES string of the molecule is CCC[CH2][Sn]([CH2]CCC)([O]c1ccccc1C(CC)CC)[O]c1ccccc1C(CC)CC. The summed E-state index contributed by atoms with van der Waals surface area (Å²) in [6.45, 7) is 13.7. The Labute approximate surface area is 209 Å². The number of hydrogen-bond acceptors (Lipinski definition) is 2. The number of hydrogen-bond donors (Lipinski definition) is 0. The number of para-hydroxylation sites is 2. The molecule has 0 heterocycles. The van der Waals surface area contributed by atoms with Crippen LogP contribution in [0.3, 0.4) is 0 Å². The Hall–Kier alpha value is -1.16. The van der Waals surface area contributed by atoms with Gasteiger partial charge in [0, 0.05) is 0 Å². The molecule has 2 nitrogen and oxygen atoms in total. The van der Waals surface area contributed by atoms with E-state index in [0.29, 0.717) is 11.8 Å². The molecule has 0 amide bonds. The average molecular weight is 559 g/mol. The molecule has 0 saturated heterocycles. The molecule has 0 spiro atoms. The molecule has 0 N–H and O–H groups in total. The predicted molar refractivity (Wildman–Crippen MR) is 146 cm³/mol. The van der Waals surface area contributed by atoms with Crippen molar-refractivity contribution in [3.63, 3.8) is 0 Å². The van der Waals surface area contributed by atoms with Gasteiger partial charge in [-0.2, -0.15) is 0 Å². The summed E-state index contributed by atoms with van der Waals surface area (Å²) in [6.07, 6.45) is 9.28. The first kappa shape index (κ1) is 28.1. The van der Waals surface area contributed by atoms with Crippen LogP contribution in [0, 0.1) is 0 Å². The summed E-state index contributed by atoms with van der Waals surface area (Å²) in [5.41, 5.74) is 2.74. The Morgan fingerprint density at radius 3 is 1.27 bits per heavy atom. The minimum atomic E-state index is -3.49. The molecule has 0 radical (unpaired) electrons. The van der Waals surface area contributed by atoms with E-state index in [4.69, 9.17) is 6.15 Å². The van der Waals surface area contributed by atoms with E-state index in [9.17, 15) is 0 Å². The van der Waals surface area contributed by atoms with Crippen LogP contribution >= 0.6 is 0 Å². The maximum absolute atomic E-state index is 7.22. The van der Waals surface area contributed by atoms with Crippen LogP contribution in [-0.4, -0.2) is 19.2 Å². The zero-order chi connectivity index (χ0) is 24.1. The number of rotatable bonds is 16. The summed E-state index contributed by atoms with van der Waals surface area (Å²) >= 11 is -3.49. The van der Waals surface area contributed by atoms with Crippen molar-refractivity contribution in [2.45, 2.75) is 114 Å². The third-order valence-corrected chi connectivity index (χ3v) is 16.8. The maximum atomic E-state index is 7.22. The molecule has 0 unspecified atom stereocenters. The minimum absolute atomic E-state index is 0.541. The van der Waals surface area contributed by atoms with Gasteiger partial charge >= 0.3 is 210 Å². The predicted octanol–water partition coefficient (Wildman–Crippen LogP) is 9.99. The molecule has 0 saturated carbocycles. The van der Waals surface area contributed by atoms with Gasteiger partial charge in [0.25, 0.3) is 0 Å². The van der Waals surface area contributed by atoms with Gasteiger partial charge in [-0.3, -0.25) is 0 Å². The number of benzene rings is 2. The van der Waals surface area contributed by atoms with Gasteiger partial charge in [0.2, 0.25) is 0 Å². The molecule has 2 aromatic rings. The fourth-order valence-electron chi connectivity index (χ4n) is 4.92. The summed E-state index contributed by atoms with van der Waals surface area (Å²) < 4.78 is 16.7. The van der Waals surface area contributed by atoms with Gasteiger partial charge in [-0.05, 0) is 0 Å². The Kier molecular flexibility index (Phi) is 12.7. The molecule has 3 heteroatoms. The summed E-state index contributed by atoms with van der Waals surface area (Å²) in [4.78, 5) is 0. The van der Waals surface area contributed by atoms with Crippen molar-refractivity contribution in [2.24, 2.45) is 0 Å². The third-order valence-electron chi connectivity index (χ3n) is 7.10. The Balaban J connectivity index is 2.53. The molecule has 2 rings (SSSR count). The standard InChI is InChI=1S/2C11H16O.2C4H9.Sn/c2*1-3-9(4-2)10-7-5-6-8-11(10)12;2*1-3-4-2;/h2*5-9,12H,3-4H2,1-2H3;2*1,3-4H2,2H3;/q;;;;+2/p-2. The van der Waals surface area contributed by atoms with Gasteiger partial charge in [-0.25, -0.2) is 0 Å². The van der Waals surface area contributed by atoms with E-state index in [-0.39, 0.29) is 0 Å². The topological polar surface area (TPSA) is 18.5 Å². The van der Waals surface area contributed by atoms with Crippen LogP contribution in [0.5, 0.6) is 11.5 Å². The molecular formula is C30H48O2Sn. The van der Waals surface area contributed by atoms with Crippen LogP contribution in [0.4, 0.5) is 0 Å². The summed E-state index contributed by atoms with van der Waals surface area (Å²) in [5.74, 6) is 3.27. The van der Waals surface area contributed by atoms with Crippen LogP contribution in [-0.2, 0) is 0 Å². The van der Waals surface area contributed by atoms with E-state index in [1.165, 1.54) is 36.8 Å². The molecule has 2 aromatic carbocycles. The van der Waals surface area contributed by atoms with Crippen molar-refractivity contribution in [2.75, 3.05) is 0 Å². The van der Waals surface area contributed by atoms with Gasteiger partial charge in [-0.1, -0.05) is 0 Å². The second-order valence-corrected chi connectivity index (χ2v) is 18.6. The van der Waals surface area contributed by atoms with Gasteiger partial charge in [-0.15, -0.1) is 0 Å². The molecule has 184 valence electrons. The van der Waals surface area contributed by atoms with Crippen molar-refractivity contribution in [3.05, 3.63) is 59.7 Å². The van der Waals surface area contributed by atoms with Crippen LogP contribution in [0.15, 0.2) is 48.5 Å². The molecule has 0 fully saturated rings. The molecule has 0 bridgehead atoms. The van der Waals surface area contributed by atoms with Crippen LogP contribution in [0.2, 0.25) is 8.87 Å². The third kappa shape index (κ3) is 7.94. The molecule has 33 heavy (non-hydrogen) atoms. The van der Waals surface area contributed by atoms with Crippen molar-refractivity contribution in [1.82, 2.24) is 0 Å². The van der Waals surface area contributed by atoms with Gasteiger partial charge in [0.05, 0.1) is 0 Å². The molecule has 0 aromatic heterocycles. The second-order valence-electron chi connectivity index (χ2n) is 9.42. The quantitative estimate of drug-likeness (QED) is 0.191. The summed E-state index contributed by atoms with van der Waals surface area (Å²) in [7, 11) is 0. The normalized spacial score (nSPS) is 11.9. The summed E-state index contributed by atoms with van der Waals surface area (Å²) in [5, 5.41) is 0. The Bertz CT molecular complexity index is 728. The van der Waals surface area contributed by atoms with Gasteiger partial charge in [0.1, 0.15) is 0 Å². The summed E-state index contributed by atoms with van der Waals surface area (Å²) in [6, 6.07) is 17.6. The second kappa shape index (κ2) is 15.0. The van der Waals surface area contributed by atoms with E-state index in [1.807, 2.05) is 0 Å². The number of unbranched alkanes of at least 4 members (excludes halogenated alkanes) is 2. The zero-order valence-corrected chi connectivity index (χ0v) is 25.0. The molecular weight excluding hydrogens is 511 g/mol. The van der Waals surface area contributed by atoms with Gasteiger partial charge < -0.3 is 0 Å². The van der Waals surface area contributed by atoms with E-state index in [1.54, 1.807) is 0 Å². The van der Waals surface area contributed by atoms with Crippen molar-refractivity contribution in [3.8, 4) is 11.5 Å². The van der Waals surface area contributed by atoms with Crippen LogP contribution in [0.25, 0.3) is 0 Å². The van der Waals surface area contributed by atoms with Crippen LogP contribution in [0.1, 0.15) is 116 Å². The molecule has 0 atom stereocenters. The van der Waals surface area contributed by atoms with Gasteiger partial charge in [0.15, 0.2) is 0 Å². The molecule has 0 aliphatic carbocycles. The molecule has 0 aliphatic heterocycles. The fourth-order valence-corrected chi connectivity index (χ4v) is 15.4. The van der Waals surface area contributed by atoms with Crippen LogP contribution < -0.4 is 6.15 Å². The first-order chi connectivity index (χ1) is 16.1. The fraction of sp³-hybridized carbons (Fsp3) is 0.600. The Morgan fingerprint density at radius 1 is 0.576 bits per heavy atom. The van der Waals surface area contributed by atoms with E-state index in [0.717, 1.165) is 46.1 Å². The van der Waals surface area contributed by atoms with E-state index < -0.39 is 19.2 Å². The Morgan fingerprint density at radius 2 is 0.939 bits per heavy atom. The van der Waals surface area contributed by atoms with Crippen molar-refractivity contribution in [1.29, 1.82) is 0 Å². The molecule has 0 aliphatic rings. The first-order valence-electron chi connectivity index (χ1n) is 13.6. The average Bonchev–Trinajstić information content (AvgIpc) is 2.85. The zero-order valence-electron chi connectivity index (χ0n) is 22.2. The van der Waals surface area contributed by atoms with E-state index in [2.05, 4.69) is 90.1 Å². The van der Waals surface area contributed by atoms with Crippen molar-refractivity contribution >= 4 is 19.2 Å². The van der Waals surface area contributed by atoms with E-state index >= 15 is 0 Å².